The van der Waals surface area contributed by atoms with E-state index in [4.69, 9.17) is 0 Å². The average Bonchev–Trinajstić information content (AvgIpc) is 3.71. The van der Waals surface area contributed by atoms with E-state index in [9.17, 15) is 32.4 Å². The van der Waals surface area contributed by atoms with E-state index in [2.05, 4.69) is 16.3 Å². The van der Waals surface area contributed by atoms with E-state index in [0.29, 0.717) is 24.3 Å². The van der Waals surface area contributed by atoms with Crippen molar-refractivity contribution in [2.45, 2.75) is 50.9 Å². The number of amides is 3. The molecule has 0 saturated carbocycles. The van der Waals surface area contributed by atoms with E-state index < -0.39 is 35.6 Å². The monoisotopic (exact) mass is 609 g/mol. The fourth-order valence-corrected chi connectivity index (χ4v) is 6.33. The third-order valence-corrected chi connectivity index (χ3v) is 8.72. The van der Waals surface area contributed by atoms with Gasteiger partial charge in [-0.05, 0) is 73.7 Å². The molecule has 2 fully saturated rings. The first kappa shape index (κ1) is 31.3. The fourth-order valence-electron chi connectivity index (χ4n) is 6.33. The first-order chi connectivity index (χ1) is 21.1. The SMILES string of the molecule is CC1C(C(F)(F)F)=C(F)C=CC1NC(=O)N(CCN1CCC[C@@H]1C(=O)N1CCCC1)c1ccc(-c2cccc(C#N)c2)cc1. The Kier molecular flexibility index (Phi) is 9.39. The first-order valence-corrected chi connectivity index (χ1v) is 14.9. The molecule has 2 heterocycles. The first-order valence-electron chi connectivity index (χ1n) is 14.9. The van der Waals surface area contributed by atoms with Crippen molar-refractivity contribution in [2.24, 2.45) is 5.92 Å². The maximum Gasteiger partial charge on any atom is 0.415 e. The highest BCUT2D eigenvalue weighted by molar-refractivity contribution is 5.93. The Morgan fingerprint density at radius 3 is 2.45 bits per heavy atom. The van der Waals surface area contributed by atoms with Gasteiger partial charge in [-0.15, -0.1) is 0 Å². The van der Waals surface area contributed by atoms with Crippen molar-refractivity contribution >= 4 is 17.6 Å². The van der Waals surface area contributed by atoms with E-state index in [1.807, 2.05) is 23.1 Å². The summed E-state index contributed by atoms with van der Waals surface area (Å²) in [6.45, 7) is 4.02. The van der Waals surface area contributed by atoms with Crippen LogP contribution in [0.3, 0.4) is 0 Å². The van der Waals surface area contributed by atoms with Crippen LogP contribution in [0.1, 0.15) is 38.2 Å². The molecule has 232 valence electrons. The van der Waals surface area contributed by atoms with Crippen LogP contribution in [0.5, 0.6) is 0 Å². The number of nitriles is 1. The van der Waals surface area contributed by atoms with Gasteiger partial charge in [0.05, 0.1) is 29.3 Å². The molecule has 0 spiro atoms. The number of urea groups is 1. The zero-order valence-corrected chi connectivity index (χ0v) is 24.5. The number of hydrogen-bond donors (Lipinski definition) is 1. The molecule has 2 unspecified atom stereocenters. The summed E-state index contributed by atoms with van der Waals surface area (Å²) in [5, 5.41) is 11.9. The molecule has 44 heavy (non-hydrogen) atoms. The lowest BCUT2D eigenvalue weighted by Gasteiger charge is -2.33. The lowest BCUT2D eigenvalue weighted by molar-refractivity contribution is -0.134. The van der Waals surface area contributed by atoms with Crippen LogP contribution in [0, 0.1) is 17.2 Å². The predicted octanol–water partition coefficient (Wildman–Crippen LogP) is 6.19. The molecule has 11 heteroatoms. The number of likely N-dealkylation sites (tertiary alicyclic amines) is 2. The molecule has 2 aromatic rings. The van der Waals surface area contributed by atoms with Gasteiger partial charge in [0.2, 0.25) is 5.91 Å². The number of nitrogens with one attached hydrogen (secondary N) is 1. The normalized spacial score (nSPS) is 22.3. The smallest absolute Gasteiger partial charge is 0.341 e. The molecule has 1 N–H and O–H groups in total. The van der Waals surface area contributed by atoms with Crippen LogP contribution in [0.15, 0.2) is 72.1 Å². The second-order valence-corrected chi connectivity index (χ2v) is 11.5. The summed E-state index contributed by atoms with van der Waals surface area (Å²) in [7, 11) is 0. The largest absolute Gasteiger partial charge is 0.415 e. The van der Waals surface area contributed by atoms with Gasteiger partial charge in [0.1, 0.15) is 5.83 Å². The van der Waals surface area contributed by atoms with Crippen LogP contribution in [-0.2, 0) is 4.79 Å². The average molecular weight is 610 g/mol. The fraction of sp³-hybridized carbons (Fsp3) is 0.424. The van der Waals surface area contributed by atoms with Gasteiger partial charge in [-0.1, -0.05) is 37.3 Å². The molecular formula is C33H35F4N5O2. The third-order valence-electron chi connectivity index (χ3n) is 8.72. The van der Waals surface area contributed by atoms with Crippen LogP contribution in [-0.4, -0.2) is 72.7 Å². The zero-order valence-electron chi connectivity index (χ0n) is 24.5. The molecule has 3 atom stereocenters. The highest BCUT2D eigenvalue weighted by Gasteiger charge is 2.44. The van der Waals surface area contributed by atoms with Gasteiger partial charge in [-0.25, -0.2) is 9.18 Å². The Labute approximate surface area is 254 Å². The minimum absolute atomic E-state index is 0.106. The second kappa shape index (κ2) is 13.2. The van der Waals surface area contributed by atoms with Crippen LogP contribution in [0.2, 0.25) is 0 Å². The summed E-state index contributed by atoms with van der Waals surface area (Å²) in [5.41, 5.74) is 1.35. The minimum Gasteiger partial charge on any atom is -0.341 e. The molecule has 2 saturated heterocycles. The van der Waals surface area contributed by atoms with Gasteiger partial charge < -0.3 is 10.2 Å². The van der Waals surface area contributed by atoms with E-state index in [0.717, 1.165) is 56.0 Å². The summed E-state index contributed by atoms with van der Waals surface area (Å²) in [6.07, 6.45) is 0.694. The van der Waals surface area contributed by atoms with Gasteiger partial charge in [-0.3, -0.25) is 14.6 Å². The van der Waals surface area contributed by atoms with Gasteiger partial charge in [0, 0.05) is 37.8 Å². The molecule has 3 aliphatic rings. The summed E-state index contributed by atoms with van der Waals surface area (Å²) < 4.78 is 55.0. The number of benzene rings is 2. The Morgan fingerprint density at radius 2 is 1.77 bits per heavy atom. The van der Waals surface area contributed by atoms with Crippen molar-refractivity contribution in [1.29, 1.82) is 5.26 Å². The predicted molar refractivity (Wildman–Crippen MR) is 159 cm³/mol. The number of nitrogens with zero attached hydrogens (tertiary/aromatic N) is 4. The van der Waals surface area contributed by atoms with E-state index in [-0.39, 0.29) is 18.5 Å². The summed E-state index contributed by atoms with van der Waals surface area (Å²) in [4.78, 5) is 32.3. The Hall–Kier alpha value is -4.17. The summed E-state index contributed by atoms with van der Waals surface area (Å²) in [5.74, 6) is -2.58. The van der Waals surface area contributed by atoms with Crippen LogP contribution < -0.4 is 10.2 Å². The molecule has 1 aliphatic carbocycles. The van der Waals surface area contributed by atoms with Crippen LogP contribution in [0.4, 0.5) is 28.0 Å². The minimum atomic E-state index is -4.87. The number of alkyl halides is 3. The number of anilines is 1. The lowest BCUT2D eigenvalue weighted by Crippen LogP contribution is -2.51. The molecule has 0 radical (unpaired) electrons. The number of hydrogen-bond acceptors (Lipinski definition) is 4. The molecule has 2 aliphatic heterocycles. The maximum absolute atomic E-state index is 14.2. The lowest BCUT2D eigenvalue weighted by atomic mass is 9.88. The molecule has 5 rings (SSSR count). The number of rotatable bonds is 7. The number of allylic oxidation sites excluding steroid dienone is 2. The van der Waals surface area contributed by atoms with Gasteiger partial charge in [-0.2, -0.15) is 18.4 Å². The summed E-state index contributed by atoms with van der Waals surface area (Å²) in [6, 6.07) is 14.4. The highest BCUT2D eigenvalue weighted by atomic mass is 19.4. The van der Waals surface area contributed by atoms with Gasteiger partial charge >= 0.3 is 12.2 Å². The van der Waals surface area contributed by atoms with Crippen LogP contribution >= 0.6 is 0 Å². The van der Waals surface area contributed by atoms with Crippen molar-refractivity contribution in [3.63, 3.8) is 0 Å². The summed E-state index contributed by atoms with van der Waals surface area (Å²) >= 11 is 0. The van der Waals surface area contributed by atoms with Gasteiger partial charge in [0.25, 0.3) is 0 Å². The van der Waals surface area contributed by atoms with E-state index in [1.165, 1.54) is 17.9 Å². The van der Waals surface area contributed by atoms with Crippen molar-refractivity contribution < 1.29 is 27.2 Å². The number of carbonyl (C=O) groups is 2. The van der Waals surface area contributed by atoms with Crippen LogP contribution in [0.25, 0.3) is 11.1 Å². The zero-order chi connectivity index (χ0) is 31.4. The van der Waals surface area contributed by atoms with E-state index in [1.54, 1.807) is 30.3 Å². The Morgan fingerprint density at radius 1 is 1.05 bits per heavy atom. The van der Waals surface area contributed by atoms with Crippen molar-refractivity contribution in [3.05, 3.63) is 77.6 Å². The molecule has 7 nitrogen and oxygen atoms in total. The van der Waals surface area contributed by atoms with E-state index >= 15 is 0 Å². The van der Waals surface area contributed by atoms with Crippen molar-refractivity contribution in [2.75, 3.05) is 37.6 Å². The standard InChI is InChI=1S/C33H35F4N5O2/c1-22-28(14-13-27(34)30(22)33(35,36)37)39-32(44)42(19-18-40-17-5-8-29(40)31(43)41-15-2-3-16-41)26-11-9-24(10-12-26)25-7-4-6-23(20-25)21-38/h4,6-7,9-14,20,22,28-29H,2-3,5,8,15-19H2,1H3,(H,39,44)/t22?,28?,29-/m1/s1. The number of carbonyl (C=O) groups excluding carboxylic acids is 2. The topological polar surface area (TPSA) is 79.7 Å². The molecule has 2 aromatic carbocycles. The molecule has 0 aromatic heterocycles. The van der Waals surface area contributed by atoms with Gasteiger partial charge in [0.15, 0.2) is 0 Å². The number of halogens is 4. The molecule has 0 bridgehead atoms. The molecular weight excluding hydrogens is 574 g/mol. The third kappa shape index (κ3) is 6.81. The Balaban J connectivity index is 1.37. The van der Waals surface area contributed by atoms with Crippen molar-refractivity contribution in [3.8, 4) is 17.2 Å². The molecule has 3 amide bonds. The highest BCUT2D eigenvalue weighted by Crippen LogP contribution is 2.39. The van der Waals surface area contributed by atoms with Crippen molar-refractivity contribution in [1.82, 2.24) is 15.1 Å². The second-order valence-electron chi connectivity index (χ2n) is 11.5. The quantitative estimate of drug-likeness (QED) is 0.380. The Bertz CT molecular complexity index is 1470. The maximum atomic E-state index is 14.2.